The van der Waals surface area contributed by atoms with E-state index in [9.17, 15) is 0 Å². The number of ether oxygens (including phenoxy) is 1. The third-order valence-corrected chi connectivity index (χ3v) is 2.79. The number of nitrogen functional groups attached to an aromatic ring is 1. The quantitative estimate of drug-likeness (QED) is 0.815. The molecule has 0 aliphatic rings. The van der Waals surface area contributed by atoms with Crippen molar-refractivity contribution in [3.8, 4) is 5.75 Å². The lowest BCUT2D eigenvalue weighted by atomic mass is 10.3. The van der Waals surface area contributed by atoms with E-state index in [1.165, 1.54) is 11.5 Å². The van der Waals surface area contributed by atoms with E-state index in [0.29, 0.717) is 17.6 Å². The molecule has 1 unspecified atom stereocenters. The minimum Gasteiger partial charge on any atom is -0.484 e. The number of hydrogen-bond donors (Lipinski definition) is 2. The van der Waals surface area contributed by atoms with Crippen LogP contribution >= 0.6 is 11.5 Å². The van der Waals surface area contributed by atoms with E-state index in [1.807, 2.05) is 13.8 Å². The van der Waals surface area contributed by atoms with Gasteiger partial charge in [-0.1, -0.05) is 6.92 Å². The Kier molecular flexibility index (Phi) is 4.20. The van der Waals surface area contributed by atoms with Gasteiger partial charge in [-0.2, -0.15) is 4.37 Å². The van der Waals surface area contributed by atoms with Gasteiger partial charge in [-0.05, 0) is 38.7 Å². The van der Waals surface area contributed by atoms with Crippen LogP contribution in [0.2, 0.25) is 0 Å². The van der Waals surface area contributed by atoms with E-state index in [0.717, 1.165) is 11.4 Å². The molecule has 0 aliphatic carbocycles. The molecule has 0 fully saturated rings. The summed E-state index contributed by atoms with van der Waals surface area (Å²) < 4.78 is 9.71. The van der Waals surface area contributed by atoms with Crippen LogP contribution in [0.1, 0.15) is 34.1 Å². The standard InChI is InChI=1S/C10H19N3OS/c1-5-7(4)12-10-8(14-6(2)3)9(11)13-15-10/h6-7,12H,5H2,1-4H3,(H2,11,13). The molecule has 0 bridgehead atoms. The minimum absolute atomic E-state index is 0.112. The smallest absolute Gasteiger partial charge is 0.197 e. The van der Waals surface area contributed by atoms with Crippen molar-refractivity contribution in [3.63, 3.8) is 0 Å². The molecule has 0 aliphatic heterocycles. The van der Waals surface area contributed by atoms with Crippen LogP contribution in [0, 0.1) is 0 Å². The van der Waals surface area contributed by atoms with Crippen molar-refractivity contribution < 1.29 is 4.74 Å². The molecule has 5 heteroatoms. The molecule has 1 atom stereocenters. The summed E-state index contributed by atoms with van der Waals surface area (Å²) in [6.45, 7) is 8.20. The van der Waals surface area contributed by atoms with Gasteiger partial charge in [0.05, 0.1) is 6.10 Å². The Labute approximate surface area is 95.0 Å². The number of aromatic nitrogens is 1. The predicted octanol–water partition coefficient (Wildman–Crippen LogP) is 2.72. The first-order chi connectivity index (χ1) is 7.04. The van der Waals surface area contributed by atoms with E-state index in [2.05, 4.69) is 23.5 Å². The largest absolute Gasteiger partial charge is 0.484 e. The molecular formula is C10H19N3OS. The van der Waals surface area contributed by atoms with Crippen LogP contribution in [0.3, 0.4) is 0 Å². The second-order valence-corrected chi connectivity index (χ2v) is 4.62. The summed E-state index contributed by atoms with van der Waals surface area (Å²) in [5.74, 6) is 1.16. The van der Waals surface area contributed by atoms with Crippen molar-refractivity contribution in [2.24, 2.45) is 0 Å². The fourth-order valence-corrected chi connectivity index (χ4v) is 1.82. The lowest BCUT2D eigenvalue weighted by molar-refractivity contribution is 0.245. The topological polar surface area (TPSA) is 60.2 Å². The average Bonchev–Trinajstić information content (AvgIpc) is 2.49. The number of nitrogens with one attached hydrogen (secondary N) is 1. The van der Waals surface area contributed by atoms with Gasteiger partial charge in [-0.15, -0.1) is 0 Å². The van der Waals surface area contributed by atoms with E-state index in [4.69, 9.17) is 10.5 Å². The highest BCUT2D eigenvalue weighted by atomic mass is 32.1. The van der Waals surface area contributed by atoms with Crippen molar-refractivity contribution in [2.45, 2.75) is 46.3 Å². The van der Waals surface area contributed by atoms with Crippen molar-refractivity contribution in [2.75, 3.05) is 11.1 Å². The molecule has 1 aromatic heterocycles. The molecule has 0 saturated heterocycles. The summed E-state index contributed by atoms with van der Waals surface area (Å²) in [6, 6.07) is 0.402. The molecule has 0 saturated carbocycles. The Balaban J connectivity index is 2.78. The van der Waals surface area contributed by atoms with Gasteiger partial charge in [0.2, 0.25) is 0 Å². The molecule has 4 nitrogen and oxygen atoms in total. The van der Waals surface area contributed by atoms with Gasteiger partial charge in [0, 0.05) is 6.04 Å². The van der Waals surface area contributed by atoms with Crippen LogP contribution < -0.4 is 15.8 Å². The molecule has 0 aromatic carbocycles. The number of rotatable bonds is 5. The van der Waals surface area contributed by atoms with Crippen LogP contribution in [-0.2, 0) is 0 Å². The summed E-state index contributed by atoms with van der Waals surface area (Å²) in [7, 11) is 0. The average molecular weight is 229 g/mol. The van der Waals surface area contributed by atoms with Gasteiger partial charge in [0.1, 0.15) is 0 Å². The minimum atomic E-state index is 0.112. The zero-order valence-electron chi connectivity index (χ0n) is 9.70. The van der Waals surface area contributed by atoms with Gasteiger partial charge >= 0.3 is 0 Å². The fraction of sp³-hybridized carbons (Fsp3) is 0.700. The normalized spacial score (nSPS) is 12.9. The van der Waals surface area contributed by atoms with Gasteiger partial charge in [-0.3, -0.25) is 0 Å². The van der Waals surface area contributed by atoms with Crippen molar-refractivity contribution in [1.82, 2.24) is 4.37 Å². The SMILES string of the molecule is CCC(C)Nc1snc(N)c1OC(C)C. The lowest BCUT2D eigenvalue weighted by Gasteiger charge is -2.14. The first-order valence-corrected chi connectivity index (χ1v) is 6.00. The monoisotopic (exact) mass is 229 g/mol. The third-order valence-electron chi connectivity index (χ3n) is 2.02. The second kappa shape index (κ2) is 5.21. The lowest BCUT2D eigenvalue weighted by Crippen LogP contribution is -2.14. The molecular weight excluding hydrogens is 210 g/mol. The number of hydrogen-bond acceptors (Lipinski definition) is 5. The Bertz CT molecular complexity index is 312. The maximum atomic E-state index is 5.74. The Morgan fingerprint density at radius 3 is 2.67 bits per heavy atom. The molecule has 1 aromatic rings. The van der Waals surface area contributed by atoms with E-state index < -0.39 is 0 Å². The van der Waals surface area contributed by atoms with E-state index >= 15 is 0 Å². The Morgan fingerprint density at radius 2 is 2.13 bits per heavy atom. The van der Waals surface area contributed by atoms with Crippen LogP contribution in [0.4, 0.5) is 10.8 Å². The summed E-state index contributed by atoms with van der Waals surface area (Å²) in [5.41, 5.74) is 5.74. The van der Waals surface area contributed by atoms with Crippen molar-refractivity contribution in [3.05, 3.63) is 0 Å². The molecule has 0 spiro atoms. The van der Waals surface area contributed by atoms with Crippen molar-refractivity contribution >= 4 is 22.4 Å². The molecule has 0 radical (unpaired) electrons. The van der Waals surface area contributed by atoms with Crippen LogP contribution in [0.15, 0.2) is 0 Å². The summed E-state index contributed by atoms with van der Waals surface area (Å²) in [4.78, 5) is 0. The van der Waals surface area contributed by atoms with Gasteiger partial charge in [0.25, 0.3) is 0 Å². The molecule has 1 heterocycles. The molecule has 0 amide bonds. The summed E-state index contributed by atoms with van der Waals surface area (Å²) in [6.07, 6.45) is 1.17. The van der Waals surface area contributed by atoms with Gasteiger partial charge < -0.3 is 15.8 Å². The molecule has 3 N–H and O–H groups in total. The van der Waals surface area contributed by atoms with Crippen LogP contribution in [-0.4, -0.2) is 16.5 Å². The highest BCUT2D eigenvalue weighted by Crippen LogP contribution is 2.36. The Hall–Kier alpha value is -0.970. The predicted molar refractivity (Wildman–Crippen MR) is 65.7 cm³/mol. The van der Waals surface area contributed by atoms with Gasteiger partial charge in [-0.25, -0.2) is 0 Å². The molecule has 86 valence electrons. The Morgan fingerprint density at radius 1 is 1.47 bits per heavy atom. The summed E-state index contributed by atoms with van der Waals surface area (Å²) in [5, 5.41) is 4.26. The highest BCUT2D eigenvalue weighted by Gasteiger charge is 2.15. The highest BCUT2D eigenvalue weighted by molar-refractivity contribution is 7.11. The fourth-order valence-electron chi connectivity index (χ4n) is 1.06. The second-order valence-electron chi connectivity index (χ2n) is 3.85. The van der Waals surface area contributed by atoms with Crippen molar-refractivity contribution in [1.29, 1.82) is 0 Å². The maximum Gasteiger partial charge on any atom is 0.197 e. The number of anilines is 2. The number of nitrogens with zero attached hydrogens (tertiary/aromatic N) is 1. The summed E-state index contributed by atoms with van der Waals surface area (Å²) >= 11 is 1.35. The van der Waals surface area contributed by atoms with Crippen LogP contribution in [0.25, 0.3) is 0 Å². The zero-order valence-corrected chi connectivity index (χ0v) is 10.5. The van der Waals surface area contributed by atoms with Crippen LogP contribution in [0.5, 0.6) is 5.75 Å². The van der Waals surface area contributed by atoms with E-state index in [-0.39, 0.29) is 6.10 Å². The molecule has 15 heavy (non-hydrogen) atoms. The molecule has 1 rings (SSSR count). The third kappa shape index (κ3) is 3.27. The first kappa shape index (κ1) is 12.1. The first-order valence-electron chi connectivity index (χ1n) is 5.22. The van der Waals surface area contributed by atoms with E-state index in [1.54, 1.807) is 0 Å². The number of nitrogens with two attached hydrogens (primary N) is 1. The maximum absolute atomic E-state index is 5.74. The van der Waals surface area contributed by atoms with Gasteiger partial charge in [0.15, 0.2) is 16.6 Å². The zero-order chi connectivity index (χ0) is 11.4.